The quantitative estimate of drug-likeness (QED) is 0.721. The molecule has 0 unspecified atom stereocenters. The van der Waals surface area contributed by atoms with Crippen molar-refractivity contribution in [3.8, 4) is 11.6 Å². The molecule has 1 aliphatic heterocycles. The first-order valence-electron chi connectivity index (χ1n) is 8.22. The van der Waals surface area contributed by atoms with Gasteiger partial charge >= 0.3 is 0 Å². The lowest BCUT2D eigenvalue weighted by molar-refractivity contribution is 0.300. The van der Waals surface area contributed by atoms with E-state index in [2.05, 4.69) is 38.9 Å². The van der Waals surface area contributed by atoms with Crippen LogP contribution in [0.4, 0.5) is 0 Å². The van der Waals surface area contributed by atoms with Crippen molar-refractivity contribution in [1.29, 1.82) is 0 Å². The molecule has 0 N–H and O–H groups in total. The van der Waals surface area contributed by atoms with E-state index in [0.29, 0.717) is 12.5 Å². The molecule has 0 aliphatic carbocycles. The molecule has 0 saturated heterocycles. The van der Waals surface area contributed by atoms with E-state index < -0.39 is 0 Å². The van der Waals surface area contributed by atoms with Gasteiger partial charge in [0, 0.05) is 13.1 Å². The second kappa shape index (κ2) is 8.26. The Morgan fingerprint density at radius 2 is 2.04 bits per heavy atom. The number of aryl methyl sites for hydroxylation is 1. The van der Waals surface area contributed by atoms with Crippen LogP contribution in [0.2, 0.25) is 0 Å². The molecule has 5 nitrogen and oxygen atoms in total. The van der Waals surface area contributed by atoms with Gasteiger partial charge < -0.3 is 14.4 Å². The molecule has 24 heavy (non-hydrogen) atoms. The van der Waals surface area contributed by atoms with Crippen LogP contribution in [0.5, 0.6) is 11.6 Å². The van der Waals surface area contributed by atoms with Gasteiger partial charge in [-0.05, 0) is 49.6 Å². The Bertz CT molecular complexity index is 682. The molecule has 3 rings (SSSR count). The zero-order chi connectivity index (χ0) is 16.8. The number of rotatable bonds is 7. The van der Waals surface area contributed by atoms with Gasteiger partial charge in [-0.3, -0.25) is 0 Å². The standard InChI is InChI=1S/C18H23N3O2S/c1-21-11-3-6-15(13-21)17-18(20-24-19-17)23-12-4-5-14-7-9-16(22-2)10-8-14/h6-10H,3-5,11-13H2,1-2H3. The van der Waals surface area contributed by atoms with Gasteiger partial charge in [0.1, 0.15) is 11.4 Å². The Hall–Kier alpha value is -1.92. The Morgan fingerprint density at radius 3 is 2.79 bits per heavy atom. The first-order valence-corrected chi connectivity index (χ1v) is 8.95. The second-order valence-electron chi connectivity index (χ2n) is 5.97. The van der Waals surface area contributed by atoms with E-state index in [4.69, 9.17) is 9.47 Å². The van der Waals surface area contributed by atoms with E-state index in [1.54, 1.807) is 7.11 Å². The molecule has 1 aromatic heterocycles. The molecule has 0 radical (unpaired) electrons. The second-order valence-corrected chi connectivity index (χ2v) is 6.50. The highest BCUT2D eigenvalue weighted by atomic mass is 32.1. The third-order valence-corrected chi connectivity index (χ3v) is 4.62. The number of methoxy groups -OCH3 is 1. The largest absolute Gasteiger partial charge is 0.497 e. The maximum absolute atomic E-state index is 5.89. The summed E-state index contributed by atoms with van der Waals surface area (Å²) in [6, 6.07) is 8.17. The van der Waals surface area contributed by atoms with Crippen LogP contribution in [-0.4, -0.2) is 47.5 Å². The van der Waals surface area contributed by atoms with Crippen LogP contribution in [0.25, 0.3) is 5.57 Å². The highest BCUT2D eigenvalue weighted by Crippen LogP contribution is 2.27. The van der Waals surface area contributed by atoms with Crippen molar-refractivity contribution in [2.45, 2.75) is 19.3 Å². The fourth-order valence-electron chi connectivity index (χ4n) is 2.77. The zero-order valence-corrected chi connectivity index (χ0v) is 15.0. The van der Waals surface area contributed by atoms with Gasteiger partial charge in [-0.1, -0.05) is 18.2 Å². The number of ether oxygens (including phenoxy) is 2. The van der Waals surface area contributed by atoms with E-state index in [1.165, 1.54) is 22.9 Å². The first kappa shape index (κ1) is 16.9. The van der Waals surface area contributed by atoms with E-state index in [-0.39, 0.29) is 0 Å². The maximum Gasteiger partial charge on any atom is 0.253 e. The van der Waals surface area contributed by atoms with Crippen molar-refractivity contribution in [2.75, 3.05) is 33.9 Å². The summed E-state index contributed by atoms with van der Waals surface area (Å²) in [5.74, 6) is 1.56. The molecule has 1 aliphatic rings. The van der Waals surface area contributed by atoms with Crippen LogP contribution in [0, 0.1) is 0 Å². The van der Waals surface area contributed by atoms with Crippen molar-refractivity contribution in [3.63, 3.8) is 0 Å². The van der Waals surface area contributed by atoms with Crippen LogP contribution in [-0.2, 0) is 6.42 Å². The van der Waals surface area contributed by atoms with Crippen LogP contribution in [0.3, 0.4) is 0 Å². The highest BCUT2D eigenvalue weighted by Gasteiger charge is 2.18. The Labute approximate surface area is 147 Å². The molecule has 2 heterocycles. The fraction of sp³-hybridized carbons (Fsp3) is 0.444. The third kappa shape index (κ3) is 4.33. The summed E-state index contributed by atoms with van der Waals surface area (Å²) in [4.78, 5) is 2.29. The van der Waals surface area contributed by atoms with Crippen molar-refractivity contribution >= 4 is 17.3 Å². The van der Waals surface area contributed by atoms with Crippen LogP contribution >= 0.6 is 11.7 Å². The first-order chi connectivity index (χ1) is 11.8. The molecule has 0 atom stereocenters. The van der Waals surface area contributed by atoms with Gasteiger partial charge in [-0.2, -0.15) is 4.37 Å². The van der Waals surface area contributed by atoms with E-state index >= 15 is 0 Å². The lowest BCUT2D eigenvalue weighted by atomic mass is 10.1. The fourth-order valence-corrected chi connectivity index (χ4v) is 3.30. The van der Waals surface area contributed by atoms with Crippen molar-refractivity contribution in [1.82, 2.24) is 13.6 Å². The molecular weight excluding hydrogens is 322 g/mol. The minimum atomic E-state index is 0.646. The predicted octanol–water partition coefficient (Wildman–Crippen LogP) is 3.28. The van der Waals surface area contributed by atoms with Gasteiger partial charge in [0.05, 0.1) is 25.4 Å². The van der Waals surface area contributed by atoms with E-state index in [1.807, 2.05) is 12.1 Å². The number of hydrogen-bond acceptors (Lipinski definition) is 6. The SMILES string of the molecule is COc1ccc(CCCOc2nsnc2C2=CCCN(C)C2)cc1. The summed E-state index contributed by atoms with van der Waals surface area (Å²) in [5.41, 5.74) is 3.42. The minimum Gasteiger partial charge on any atom is -0.497 e. The average Bonchev–Trinajstić information content (AvgIpc) is 3.08. The van der Waals surface area contributed by atoms with Crippen molar-refractivity contribution < 1.29 is 9.47 Å². The number of aromatic nitrogens is 2. The third-order valence-electron chi connectivity index (χ3n) is 4.11. The molecule has 0 bridgehead atoms. The number of likely N-dealkylation sites (N-methyl/N-ethyl adjacent to an activating group) is 1. The monoisotopic (exact) mass is 345 g/mol. The molecule has 0 saturated carbocycles. The topological polar surface area (TPSA) is 47.5 Å². The van der Waals surface area contributed by atoms with Gasteiger partial charge in [0.25, 0.3) is 5.88 Å². The Kier molecular flexibility index (Phi) is 5.82. The average molecular weight is 345 g/mol. The minimum absolute atomic E-state index is 0.646. The predicted molar refractivity (Wildman–Crippen MR) is 96.8 cm³/mol. The van der Waals surface area contributed by atoms with Crippen LogP contribution in [0.15, 0.2) is 30.3 Å². The maximum atomic E-state index is 5.89. The Balaban J connectivity index is 1.50. The molecule has 1 aromatic carbocycles. The summed E-state index contributed by atoms with van der Waals surface area (Å²) in [7, 11) is 3.81. The van der Waals surface area contributed by atoms with E-state index in [0.717, 1.165) is 43.8 Å². The number of hydrogen-bond donors (Lipinski definition) is 0. The molecule has 6 heteroatoms. The van der Waals surface area contributed by atoms with Gasteiger partial charge in [-0.15, -0.1) is 4.37 Å². The molecule has 2 aromatic rings. The van der Waals surface area contributed by atoms with Gasteiger partial charge in [0.15, 0.2) is 0 Å². The van der Waals surface area contributed by atoms with E-state index in [9.17, 15) is 0 Å². The number of nitrogens with zero attached hydrogens (tertiary/aromatic N) is 3. The van der Waals surface area contributed by atoms with Gasteiger partial charge in [-0.25, -0.2) is 0 Å². The summed E-state index contributed by atoms with van der Waals surface area (Å²) < 4.78 is 19.8. The summed E-state index contributed by atoms with van der Waals surface area (Å²) in [6.07, 6.45) is 5.23. The molecule has 0 amide bonds. The lowest BCUT2D eigenvalue weighted by Gasteiger charge is -2.22. The highest BCUT2D eigenvalue weighted by molar-refractivity contribution is 6.99. The summed E-state index contributed by atoms with van der Waals surface area (Å²) in [5, 5.41) is 0. The van der Waals surface area contributed by atoms with Crippen LogP contribution in [0.1, 0.15) is 24.1 Å². The molecular formula is C18H23N3O2S. The number of benzene rings is 1. The molecule has 0 fully saturated rings. The van der Waals surface area contributed by atoms with Crippen LogP contribution < -0.4 is 9.47 Å². The summed E-state index contributed by atoms with van der Waals surface area (Å²) >= 11 is 1.22. The molecule has 0 spiro atoms. The molecule has 128 valence electrons. The van der Waals surface area contributed by atoms with Crippen molar-refractivity contribution in [3.05, 3.63) is 41.6 Å². The normalized spacial score (nSPS) is 15.2. The zero-order valence-electron chi connectivity index (χ0n) is 14.2. The Morgan fingerprint density at radius 1 is 1.21 bits per heavy atom. The van der Waals surface area contributed by atoms with Crippen molar-refractivity contribution in [2.24, 2.45) is 0 Å². The summed E-state index contributed by atoms with van der Waals surface area (Å²) in [6.45, 7) is 2.65. The van der Waals surface area contributed by atoms with Gasteiger partial charge in [0.2, 0.25) is 0 Å². The smallest absolute Gasteiger partial charge is 0.253 e. The lowest BCUT2D eigenvalue weighted by Crippen LogP contribution is -2.25.